The van der Waals surface area contributed by atoms with E-state index in [4.69, 9.17) is 17.3 Å². The van der Waals surface area contributed by atoms with Crippen molar-refractivity contribution in [3.05, 3.63) is 28.7 Å². The molecule has 0 spiro atoms. The third kappa shape index (κ3) is 5.20. The number of aromatic hydroxyl groups is 2. The van der Waals surface area contributed by atoms with E-state index in [1.54, 1.807) is 12.1 Å². The topological polar surface area (TPSA) is 98.7 Å². The Kier molecular flexibility index (Phi) is 5.99. The van der Waals surface area contributed by atoms with E-state index in [9.17, 15) is 14.7 Å². The number of carbonyl (C=O) groups excluding carboxylic acids is 2. The summed E-state index contributed by atoms with van der Waals surface area (Å²) < 4.78 is 1.02. The monoisotopic (exact) mass is 386 g/mol. The van der Waals surface area contributed by atoms with Crippen molar-refractivity contribution in [2.24, 2.45) is 0 Å². The molecular weight excluding hydrogens is 376 g/mol. The van der Waals surface area contributed by atoms with Gasteiger partial charge in [-0.15, -0.1) is 0 Å². The van der Waals surface area contributed by atoms with Gasteiger partial charge in [-0.2, -0.15) is 0 Å². The van der Waals surface area contributed by atoms with Crippen LogP contribution in [0.2, 0.25) is 0 Å². The standard InChI is InChI=1S/C10H7NO3S2.C3H3NOS2/c12-6-2-1-5(3-7(6)13)4-8-9(14)11-10(15)16-8;5-2-1-7-3(6)4-2/h1-4,12-13H,(H,11,14,15);1H2,(H,4,5,6)/b8-4-;. The molecule has 0 atom stereocenters. The lowest BCUT2D eigenvalue weighted by Crippen LogP contribution is -2.18. The van der Waals surface area contributed by atoms with Gasteiger partial charge in [0.2, 0.25) is 5.91 Å². The van der Waals surface area contributed by atoms with E-state index in [0.717, 1.165) is 0 Å². The van der Waals surface area contributed by atoms with Gasteiger partial charge in [0.25, 0.3) is 5.91 Å². The van der Waals surface area contributed by atoms with Gasteiger partial charge >= 0.3 is 0 Å². The fourth-order valence-corrected chi connectivity index (χ4v) is 3.37. The van der Waals surface area contributed by atoms with Gasteiger partial charge in [0.15, 0.2) is 11.5 Å². The molecule has 0 aromatic heterocycles. The number of phenolic OH excluding ortho intramolecular Hbond substituents is 2. The molecule has 10 heteroatoms. The van der Waals surface area contributed by atoms with Crippen molar-refractivity contribution in [1.29, 1.82) is 0 Å². The quantitative estimate of drug-likeness (QED) is 0.329. The zero-order valence-corrected chi connectivity index (χ0v) is 14.6. The maximum atomic E-state index is 11.3. The second-order valence-corrected chi connectivity index (χ2v) is 7.60. The molecule has 0 aliphatic carbocycles. The van der Waals surface area contributed by atoms with Crippen LogP contribution in [0.5, 0.6) is 11.5 Å². The van der Waals surface area contributed by atoms with Gasteiger partial charge in [-0.3, -0.25) is 9.59 Å². The van der Waals surface area contributed by atoms with E-state index in [1.165, 1.54) is 35.7 Å². The van der Waals surface area contributed by atoms with Crippen LogP contribution in [0.4, 0.5) is 0 Å². The first-order chi connectivity index (χ1) is 10.8. The van der Waals surface area contributed by atoms with Crippen LogP contribution in [0.3, 0.4) is 0 Å². The van der Waals surface area contributed by atoms with Gasteiger partial charge in [-0.25, -0.2) is 0 Å². The van der Waals surface area contributed by atoms with Crippen molar-refractivity contribution in [3.8, 4) is 11.5 Å². The van der Waals surface area contributed by atoms with Gasteiger partial charge in [-0.1, -0.05) is 54.0 Å². The van der Waals surface area contributed by atoms with Crippen molar-refractivity contribution in [2.75, 3.05) is 5.75 Å². The molecule has 2 amide bonds. The van der Waals surface area contributed by atoms with Gasteiger partial charge in [0.1, 0.15) is 8.64 Å². The maximum absolute atomic E-state index is 11.3. The van der Waals surface area contributed by atoms with Crippen LogP contribution in [0.25, 0.3) is 6.08 Å². The van der Waals surface area contributed by atoms with Crippen molar-refractivity contribution < 1.29 is 19.8 Å². The minimum atomic E-state index is -0.248. The molecule has 0 saturated carbocycles. The number of rotatable bonds is 1. The summed E-state index contributed by atoms with van der Waals surface area (Å²) in [5, 5.41) is 23.4. The molecule has 23 heavy (non-hydrogen) atoms. The Morgan fingerprint density at radius 3 is 2.26 bits per heavy atom. The number of hydrogen-bond donors (Lipinski definition) is 4. The molecule has 2 aliphatic rings. The molecule has 0 unspecified atom stereocenters. The number of thioether (sulfide) groups is 2. The molecule has 0 radical (unpaired) electrons. The Labute approximate surface area is 150 Å². The van der Waals surface area contributed by atoms with E-state index in [0.29, 0.717) is 24.9 Å². The fraction of sp³-hybridized carbons (Fsp3) is 0.0769. The molecule has 120 valence electrons. The first kappa shape index (κ1) is 17.7. The Hall–Kier alpha value is -1.62. The van der Waals surface area contributed by atoms with Crippen LogP contribution in [-0.4, -0.2) is 36.4 Å². The molecule has 2 saturated heterocycles. The Morgan fingerprint density at radius 2 is 1.83 bits per heavy atom. The summed E-state index contributed by atoms with van der Waals surface area (Å²) in [5.74, 6) is -0.141. The van der Waals surface area contributed by atoms with Gasteiger partial charge in [0.05, 0.1) is 10.7 Å². The molecule has 1 aromatic carbocycles. The number of amides is 2. The van der Waals surface area contributed by atoms with Crippen LogP contribution in [-0.2, 0) is 9.59 Å². The first-order valence-corrected chi connectivity index (χ1v) is 8.70. The molecule has 3 rings (SSSR count). The second kappa shape index (κ2) is 7.77. The predicted octanol–water partition coefficient (Wildman–Crippen LogP) is 1.72. The average Bonchev–Trinajstić information content (AvgIpc) is 3.00. The van der Waals surface area contributed by atoms with Crippen LogP contribution in [0.1, 0.15) is 5.56 Å². The number of thiocarbonyl (C=S) groups is 2. The number of carbonyl (C=O) groups is 2. The molecular formula is C13H10N2O4S4. The fourth-order valence-electron chi connectivity index (χ4n) is 1.52. The minimum Gasteiger partial charge on any atom is -0.504 e. The lowest BCUT2D eigenvalue weighted by molar-refractivity contribution is -0.117. The van der Waals surface area contributed by atoms with Crippen molar-refractivity contribution >= 4 is 74.5 Å². The van der Waals surface area contributed by atoms with Gasteiger partial charge in [-0.05, 0) is 23.8 Å². The largest absolute Gasteiger partial charge is 0.504 e. The summed E-state index contributed by atoms with van der Waals surface area (Å²) in [4.78, 5) is 22.0. The molecule has 2 fully saturated rings. The molecule has 4 N–H and O–H groups in total. The molecule has 0 bridgehead atoms. The third-order valence-corrected chi connectivity index (χ3v) is 4.90. The first-order valence-electron chi connectivity index (χ1n) is 6.08. The van der Waals surface area contributed by atoms with Crippen LogP contribution in [0.15, 0.2) is 23.1 Å². The molecule has 1 aromatic rings. The summed E-state index contributed by atoms with van der Waals surface area (Å²) >= 11 is 12.0. The van der Waals surface area contributed by atoms with Crippen molar-refractivity contribution in [1.82, 2.24) is 10.6 Å². The molecule has 2 heterocycles. The normalized spacial score (nSPS) is 18.5. The molecule has 6 nitrogen and oxygen atoms in total. The lowest BCUT2D eigenvalue weighted by Gasteiger charge is -1.99. The summed E-state index contributed by atoms with van der Waals surface area (Å²) in [7, 11) is 0. The van der Waals surface area contributed by atoms with Crippen LogP contribution in [0, 0.1) is 0 Å². The third-order valence-electron chi connectivity index (χ3n) is 2.52. The minimum absolute atomic E-state index is 0.0231. The zero-order valence-electron chi connectivity index (χ0n) is 11.4. The number of phenols is 2. The summed E-state index contributed by atoms with van der Waals surface area (Å²) in [6, 6.07) is 4.33. The number of nitrogens with one attached hydrogen (secondary N) is 2. The van der Waals surface area contributed by atoms with Crippen LogP contribution >= 0.6 is 48.0 Å². The SMILES string of the molecule is O=C1CSC(=S)N1.O=C1NC(=S)S/C1=C\c1ccc(O)c(O)c1. The van der Waals surface area contributed by atoms with Crippen molar-refractivity contribution in [3.63, 3.8) is 0 Å². The van der Waals surface area contributed by atoms with E-state index in [2.05, 4.69) is 22.9 Å². The Bertz CT molecular complexity index is 719. The zero-order chi connectivity index (χ0) is 17.0. The van der Waals surface area contributed by atoms with Crippen LogP contribution < -0.4 is 10.6 Å². The van der Waals surface area contributed by atoms with E-state index >= 15 is 0 Å². The summed E-state index contributed by atoms with van der Waals surface area (Å²) in [6.45, 7) is 0. The maximum Gasteiger partial charge on any atom is 0.263 e. The Balaban J connectivity index is 0.000000229. The van der Waals surface area contributed by atoms with Gasteiger partial charge < -0.3 is 20.8 Å². The highest BCUT2D eigenvalue weighted by Gasteiger charge is 2.21. The predicted molar refractivity (Wildman–Crippen MR) is 99.3 cm³/mol. The number of benzene rings is 1. The lowest BCUT2D eigenvalue weighted by atomic mass is 10.2. The Morgan fingerprint density at radius 1 is 1.09 bits per heavy atom. The molecule has 2 aliphatic heterocycles. The summed E-state index contributed by atoms with van der Waals surface area (Å²) in [6.07, 6.45) is 1.60. The van der Waals surface area contributed by atoms with E-state index < -0.39 is 0 Å². The van der Waals surface area contributed by atoms with Crippen molar-refractivity contribution in [2.45, 2.75) is 0 Å². The smallest absolute Gasteiger partial charge is 0.263 e. The summed E-state index contributed by atoms with van der Waals surface area (Å²) in [5.41, 5.74) is 0.623. The van der Waals surface area contributed by atoms with E-state index in [-0.39, 0.29) is 23.3 Å². The second-order valence-electron chi connectivity index (χ2n) is 4.22. The highest BCUT2D eigenvalue weighted by Crippen LogP contribution is 2.29. The van der Waals surface area contributed by atoms with E-state index in [1.807, 2.05) is 0 Å². The number of hydrogen-bond acceptors (Lipinski definition) is 8. The highest BCUT2D eigenvalue weighted by atomic mass is 32.2. The highest BCUT2D eigenvalue weighted by molar-refractivity contribution is 8.26. The average molecular weight is 387 g/mol. The van der Waals surface area contributed by atoms with Gasteiger partial charge in [0, 0.05) is 0 Å².